The van der Waals surface area contributed by atoms with Crippen molar-refractivity contribution in [2.75, 3.05) is 0 Å². The Morgan fingerprint density at radius 3 is 2.95 bits per heavy atom. The molecule has 100 valence electrons. The topological polar surface area (TPSA) is 26.0 Å². The highest BCUT2D eigenvalue weighted by molar-refractivity contribution is 7.12. The van der Waals surface area contributed by atoms with Gasteiger partial charge in [-0.25, -0.2) is 0 Å². The third-order valence-electron chi connectivity index (χ3n) is 3.92. The summed E-state index contributed by atoms with van der Waals surface area (Å²) in [4.78, 5) is 2.90. The van der Waals surface area contributed by atoms with Crippen LogP contribution in [-0.2, 0) is 19.3 Å². The van der Waals surface area contributed by atoms with Gasteiger partial charge in [-0.1, -0.05) is 37.6 Å². The zero-order valence-corrected chi connectivity index (χ0v) is 12.3. The molecule has 1 unspecified atom stereocenters. The minimum absolute atomic E-state index is 0.0485. The van der Waals surface area contributed by atoms with Crippen LogP contribution in [-0.4, -0.2) is 0 Å². The summed E-state index contributed by atoms with van der Waals surface area (Å²) in [6, 6.07) is 11.2. The molecule has 0 radical (unpaired) electrons. The Morgan fingerprint density at radius 2 is 2.16 bits per heavy atom. The molecule has 0 bridgehead atoms. The van der Waals surface area contributed by atoms with Gasteiger partial charge in [0.2, 0.25) is 0 Å². The van der Waals surface area contributed by atoms with Crippen LogP contribution < -0.4 is 5.73 Å². The van der Waals surface area contributed by atoms with E-state index >= 15 is 0 Å². The lowest BCUT2D eigenvalue weighted by Crippen LogP contribution is -2.10. The van der Waals surface area contributed by atoms with Gasteiger partial charge in [0, 0.05) is 9.75 Å². The smallest absolute Gasteiger partial charge is 0.0646 e. The monoisotopic (exact) mass is 271 g/mol. The Bertz CT molecular complexity index is 549. The minimum atomic E-state index is 0.0485. The van der Waals surface area contributed by atoms with Crippen LogP contribution in [0.1, 0.15) is 52.3 Å². The lowest BCUT2D eigenvalue weighted by atomic mass is 10.0. The fraction of sp³-hybridized carbons (Fsp3) is 0.412. The summed E-state index contributed by atoms with van der Waals surface area (Å²) in [5, 5.41) is 0. The second kappa shape index (κ2) is 5.48. The summed E-state index contributed by atoms with van der Waals surface area (Å²) < 4.78 is 0. The summed E-state index contributed by atoms with van der Waals surface area (Å²) in [6.45, 7) is 2.22. The number of benzene rings is 1. The maximum absolute atomic E-state index is 6.45. The number of fused-ring (bicyclic) bond motifs is 1. The summed E-state index contributed by atoms with van der Waals surface area (Å²) in [6.07, 6.45) is 6.15. The Hall–Kier alpha value is -1.12. The van der Waals surface area contributed by atoms with Crippen LogP contribution in [0, 0.1) is 0 Å². The number of hydrogen-bond acceptors (Lipinski definition) is 2. The van der Waals surface area contributed by atoms with Crippen molar-refractivity contribution >= 4 is 11.3 Å². The number of rotatable bonds is 4. The lowest BCUT2D eigenvalue weighted by Gasteiger charge is -2.11. The van der Waals surface area contributed by atoms with Crippen LogP contribution in [0.4, 0.5) is 0 Å². The molecule has 0 saturated heterocycles. The standard InChI is InChI=1S/C17H21NS/c1-2-5-12-6-3-8-14(10-12)17(18)16-11-13-7-4-9-15(13)19-16/h3,6,8,10-11,17H,2,4-5,7,9,18H2,1H3. The van der Waals surface area contributed by atoms with Crippen molar-refractivity contribution in [3.63, 3.8) is 0 Å². The van der Waals surface area contributed by atoms with E-state index < -0.39 is 0 Å². The third-order valence-corrected chi connectivity index (χ3v) is 5.24. The van der Waals surface area contributed by atoms with Crippen molar-refractivity contribution in [3.8, 4) is 0 Å². The summed E-state index contributed by atoms with van der Waals surface area (Å²) in [5.41, 5.74) is 10.7. The van der Waals surface area contributed by atoms with E-state index in [9.17, 15) is 0 Å². The number of nitrogens with two attached hydrogens (primary N) is 1. The van der Waals surface area contributed by atoms with Crippen LogP contribution in [0.25, 0.3) is 0 Å². The van der Waals surface area contributed by atoms with Crippen LogP contribution in [0.3, 0.4) is 0 Å². The molecule has 0 spiro atoms. The molecule has 2 aromatic rings. The summed E-state index contributed by atoms with van der Waals surface area (Å²) >= 11 is 1.92. The van der Waals surface area contributed by atoms with E-state index in [1.807, 2.05) is 11.3 Å². The summed E-state index contributed by atoms with van der Waals surface area (Å²) in [5.74, 6) is 0. The molecular weight excluding hydrogens is 250 g/mol. The van der Waals surface area contributed by atoms with Gasteiger partial charge in [-0.2, -0.15) is 0 Å². The maximum Gasteiger partial charge on any atom is 0.0646 e. The van der Waals surface area contributed by atoms with E-state index in [1.54, 1.807) is 10.4 Å². The van der Waals surface area contributed by atoms with Gasteiger partial charge in [-0.3, -0.25) is 0 Å². The van der Waals surface area contributed by atoms with Gasteiger partial charge in [-0.05, 0) is 48.4 Å². The SMILES string of the molecule is CCCc1cccc(C(N)c2cc3c(s2)CCC3)c1. The van der Waals surface area contributed by atoms with Crippen molar-refractivity contribution < 1.29 is 0 Å². The molecule has 1 aliphatic carbocycles. The van der Waals surface area contributed by atoms with Gasteiger partial charge in [0.15, 0.2) is 0 Å². The van der Waals surface area contributed by atoms with Crippen molar-refractivity contribution in [2.45, 2.75) is 45.1 Å². The second-order valence-electron chi connectivity index (χ2n) is 5.42. The van der Waals surface area contributed by atoms with Gasteiger partial charge >= 0.3 is 0 Å². The highest BCUT2D eigenvalue weighted by atomic mass is 32.1. The van der Waals surface area contributed by atoms with Crippen molar-refractivity contribution in [3.05, 3.63) is 56.8 Å². The van der Waals surface area contributed by atoms with Crippen LogP contribution in [0.2, 0.25) is 0 Å². The lowest BCUT2D eigenvalue weighted by molar-refractivity contribution is 0.869. The number of hydrogen-bond donors (Lipinski definition) is 1. The molecule has 1 atom stereocenters. The first-order valence-corrected chi connectivity index (χ1v) is 8.05. The van der Waals surface area contributed by atoms with E-state index in [4.69, 9.17) is 5.73 Å². The first kappa shape index (κ1) is 12.9. The van der Waals surface area contributed by atoms with Gasteiger partial charge in [-0.15, -0.1) is 11.3 Å². The normalized spacial score (nSPS) is 15.5. The van der Waals surface area contributed by atoms with E-state index in [2.05, 4.69) is 37.3 Å². The Labute approximate surface area is 119 Å². The van der Waals surface area contributed by atoms with Crippen molar-refractivity contribution in [1.29, 1.82) is 0 Å². The van der Waals surface area contributed by atoms with Crippen molar-refractivity contribution in [2.24, 2.45) is 5.73 Å². The molecule has 1 aliphatic rings. The fourth-order valence-corrected chi connectivity index (χ4v) is 4.19. The van der Waals surface area contributed by atoms with Crippen molar-refractivity contribution in [1.82, 2.24) is 0 Å². The predicted molar refractivity (Wildman–Crippen MR) is 82.8 cm³/mol. The Morgan fingerprint density at radius 1 is 1.26 bits per heavy atom. The molecule has 3 rings (SSSR count). The molecule has 0 saturated carbocycles. The molecule has 2 N–H and O–H groups in total. The maximum atomic E-state index is 6.45. The Balaban J connectivity index is 1.86. The average molecular weight is 271 g/mol. The zero-order chi connectivity index (χ0) is 13.2. The van der Waals surface area contributed by atoms with Gasteiger partial charge in [0.05, 0.1) is 6.04 Å². The highest BCUT2D eigenvalue weighted by Gasteiger charge is 2.19. The molecule has 0 aliphatic heterocycles. The quantitative estimate of drug-likeness (QED) is 0.884. The van der Waals surface area contributed by atoms with Gasteiger partial charge in [0.25, 0.3) is 0 Å². The number of thiophene rings is 1. The molecule has 2 heteroatoms. The van der Waals surface area contributed by atoms with E-state index in [0.29, 0.717) is 0 Å². The van der Waals surface area contributed by atoms with E-state index in [0.717, 1.165) is 6.42 Å². The van der Waals surface area contributed by atoms with Crippen LogP contribution in [0.15, 0.2) is 30.3 Å². The molecule has 1 nitrogen and oxygen atoms in total. The van der Waals surface area contributed by atoms with E-state index in [-0.39, 0.29) is 6.04 Å². The Kier molecular flexibility index (Phi) is 3.72. The molecule has 1 aromatic carbocycles. The van der Waals surface area contributed by atoms with Crippen LogP contribution >= 0.6 is 11.3 Å². The first-order valence-electron chi connectivity index (χ1n) is 7.24. The highest BCUT2D eigenvalue weighted by Crippen LogP contribution is 2.35. The molecule has 1 aromatic heterocycles. The number of aryl methyl sites for hydroxylation is 3. The predicted octanol–water partition coefficient (Wildman–Crippen LogP) is 4.24. The largest absolute Gasteiger partial charge is 0.320 e. The van der Waals surface area contributed by atoms with Crippen LogP contribution in [0.5, 0.6) is 0 Å². The average Bonchev–Trinajstić information content (AvgIpc) is 2.99. The zero-order valence-electron chi connectivity index (χ0n) is 11.5. The first-order chi connectivity index (χ1) is 9.28. The van der Waals surface area contributed by atoms with Gasteiger partial charge < -0.3 is 5.73 Å². The molecule has 1 heterocycles. The molecule has 0 fully saturated rings. The second-order valence-corrected chi connectivity index (χ2v) is 6.59. The van der Waals surface area contributed by atoms with E-state index in [1.165, 1.54) is 41.7 Å². The third kappa shape index (κ3) is 2.60. The van der Waals surface area contributed by atoms with Gasteiger partial charge in [0.1, 0.15) is 0 Å². The molecule has 19 heavy (non-hydrogen) atoms. The molecular formula is C17H21NS. The fourth-order valence-electron chi connectivity index (χ4n) is 2.90. The summed E-state index contributed by atoms with van der Waals surface area (Å²) in [7, 11) is 0. The minimum Gasteiger partial charge on any atom is -0.320 e. The molecule has 0 amide bonds.